The highest BCUT2D eigenvalue weighted by Gasteiger charge is 2.26. The highest BCUT2D eigenvalue weighted by Crippen LogP contribution is 2.19. The van der Waals surface area contributed by atoms with Gasteiger partial charge in [0.2, 0.25) is 0 Å². The van der Waals surface area contributed by atoms with E-state index in [-0.39, 0.29) is 0 Å². The van der Waals surface area contributed by atoms with Crippen LogP contribution in [0.3, 0.4) is 0 Å². The van der Waals surface area contributed by atoms with Gasteiger partial charge in [-0.1, -0.05) is 6.92 Å². The van der Waals surface area contributed by atoms with Gasteiger partial charge in [-0.3, -0.25) is 4.40 Å². The number of rotatable bonds is 5. The fraction of sp³-hybridized carbons (Fsp3) is 0.545. The SMILES string of the molecule is CCC(O)(COC)Cc1cn2ccsc2n1. The summed E-state index contributed by atoms with van der Waals surface area (Å²) in [4.78, 5) is 5.42. The average Bonchev–Trinajstić information content (AvgIpc) is 2.78. The van der Waals surface area contributed by atoms with Gasteiger partial charge in [0.1, 0.15) is 0 Å². The molecule has 2 rings (SSSR count). The van der Waals surface area contributed by atoms with E-state index in [1.165, 1.54) is 0 Å². The average molecular weight is 240 g/mol. The van der Waals surface area contributed by atoms with Crippen molar-refractivity contribution < 1.29 is 9.84 Å². The summed E-state index contributed by atoms with van der Waals surface area (Å²) in [5.74, 6) is 0. The second-order valence-corrected chi connectivity index (χ2v) is 4.89. The van der Waals surface area contributed by atoms with Crippen molar-refractivity contribution in [2.75, 3.05) is 13.7 Å². The minimum Gasteiger partial charge on any atom is -0.387 e. The van der Waals surface area contributed by atoms with Crippen molar-refractivity contribution in [3.05, 3.63) is 23.5 Å². The first-order chi connectivity index (χ1) is 7.67. The Kier molecular flexibility index (Phi) is 3.28. The van der Waals surface area contributed by atoms with E-state index < -0.39 is 5.60 Å². The summed E-state index contributed by atoms with van der Waals surface area (Å²) in [5.41, 5.74) is 0.104. The Balaban J connectivity index is 2.16. The predicted molar refractivity (Wildman–Crippen MR) is 63.9 cm³/mol. The molecule has 0 radical (unpaired) electrons. The van der Waals surface area contributed by atoms with Gasteiger partial charge in [0.25, 0.3) is 0 Å². The molecule has 16 heavy (non-hydrogen) atoms. The van der Waals surface area contributed by atoms with Gasteiger partial charge >= 0.3 is 0 Å². The van der Waals surface area contributed by atoms with Crippen molar-refractivity contribution >= 4 is 16.3 Å². The molecule has 0 aliphatic rings. The van der Waals surface area contributed by atoms with E-state index in [2.05, 4.69) is 4.98 Å². The molecule has 0 aliphatic heterocycles. The summed E-state index contributed by atoms with van der Waals surface area (Å²) in [5, 5.41) is 12.3. The zero-order valence-electron chi connectivity index (χ0n) is 9.51. The van der Waals surface area contributed by atoms with E-state index in [0.717, 1.165) is 10.7 Å². The quantitative estimate of drug-likeness (QED) is 0.865. The second-order valence-electron chi connectivity index (χ2n) is 4.01. The van der Waals surface area contributed by atoms with E-state index in [1.54, 1.807) is 18.4 Å². The molecule has 2 aromatic heterocycles. The first-order valence-electron chi connectivity index (χ1n) is 5.29. The summed E-state index contributed by atoms with van der Waals surface area (Å²) in [7, 11) is 1.60. The molecule has 1 unspecified atom stereocenters. The minimum absolute atomic E-state index is 0.342. The highest BCUT2D eigenvalue weighted by atomic mass is 32.1. The van der Waals surface area contributed by atoms with Gasteiger partial charge in [-0.2, -0.15) is 0 Å². The first-order valence-corrected chi connectivity index (χ1v) is 6.17. The largest absolute Gasteiger partial charge is 0.387 e. The third-order valence-electron chi connectivity index (χ3n) is 2.72. The van der Waals surface area contributed by atoms with Crippen LogP contribution in [0.25, 0.3) is 4.96 Å². The number of methoxy groups -OCH3 is 1. The summed E-state index contributed by atoms with van der Waals surface area (Å²) in [6.45, 7) is 2.30. The molecular formula is C11H16N2O2S. The Morgan fingerprint density at radius 3 is 3.06 bits per heavy atom. The molecule has 0 aliphatic carbocycles. The van der Waals surface area contributed by atoms with Gasteiger partial charge in [-0.05, 0) is 6.42 Å². The Hall–Kier alpha value is -0.910. The normalized spacial score (nSPS) is 15.4. The number of aromatic nitrogens is 2. The lowest BCUT2D eigenvalue weighted by molar-refractivity contribution is -0.0338. The van der Waals surface area contributed by atoms with Crippen LogP contribution in [-0.4, -0.2) is 33.8 Å². The predicted octanol–water partition coefficient (Wildman–Crippen LogP) is 1.73. The van der Waals surface area contributed by atoms with Crippen molar-refractivity contribution in [2.45, 2.75) is 25.4 Å². The molecule has 0 amide bonds. The Labute approximate surface area is 98.5 Å². The van der Waals surface area contributed by atoms with Gasteiger partial charge in [0.05, 0.1) is 17.9 Å². The van der Waals surface area contributed by atoms with Crippen LogP contribution in [0.15, 0.2) is 17.8 Å². The lowest BCUT2D eigenvalue weighted by atomic mass is 9.96. The minimum atomic E-state index is -0.807. The molecule has 4 nitrogen and oxygen atoms in total. The number of thiazole rings is 1. The second kappa shape index (κ2) is 4.53. The fourth-order valence-corrected chi connectivity index (χ4v) is 2.46. The number of hydrogen-bond acceptors (Lipinski definition) is 4. The Morgan fingerprint density at radius 2 is 2.44 bits per heavy atom. The summed E-state index contributed by atoms with van der Waals surface area (Å²) < 4.78 is 7.02. The molecule has 0 saturated carbocycles. The summed E-state index contributed by atoms with van der Waals surface area (Å²) >= 11 is 1.59. The first kappa shape index (κ1) is 11.6. The molecule has 88 valence electrons. The van der Waals surface area contributed by atoms with Crippen LogP contribution in [0.5, 0.6) is 0 Å². The maximum Gasteiger partial charge on any atom is 0.193 e. The van der Waals surface area contributed by atoms with Crippen LogP contribution in [0.2, 0.25) is 0 Å². The van der Waals surface area contributed by atoms with Gasteiger partial charge in [0, 0.05) is 31.3 Å². The third kappa shape index (κ3) is 2.26. The van der Waals surface area contributed by atoms with E-state index in [0.29, 0.717) is 19.4 Å². The fourth-order valence-electron chi connectivity index (χ4n) is 1.75. The van der Waals surface area contributed by atoms with Crippen molar-refractivity contribution in [1.29, 1.82) is 0 Å². The van der Waals surface area contributed by atoms with Crippen LogP contribution in [0, 0.1) is 0 Å². The van der Waals surface area contributed by atoms with Gasteiger partial charge < -0.3 is 9.84 Å². The zero-order valence-corrected chi connectivity index (χ0v) is 10.3. The van der Waals surface area contributed by atoms with Crippen molar-refractivity contribution in [2.24, 2.45) is 0 Å². The summed E-state index contributed by atoms with van der Waals surface area (Å²) in [6.07, 6.45) is 5.12. The smallest absolute Gasteiger partial charge is 0.193 e. The van der Waals surface area contributed by atoms with E-state index in [9.17, 15) is 5.11 Å². The Morgan fingerprint density at radius 1 is 1.62 bits per heavy atom. The molecule has 1 atom stereocenters. The summed E-state index contributed by atoms with van der Waals surface area (Å²) in [6, 6.07) is 0. The van der Waals surface area contributed by atoms with Crippen LogP contribution in [-0.2, 0) is 11.2 Å². The number of imidazole rings is 1. The number of fused-ring (bicyclic) bond motifs is 1. The van der Waals surface area contributed by atoms with Crippen LogP contribution < -0.4 is 0 Å². The topological polar surface area (TPSA) is 46.8 Å². The molecular weight excluding hydrogens is 224 g/mol. The molecule has 2 heterocycles. The standard InChI is InChI=1S/C11H16N2O2S/c1-3-11(14,8-15-2)6-9-7-13-4-5-16-10(13)12-9/h4-5,7,14H,3,6,8H2,1-2H3. The Bertz CT molecular complexity index is 437. The number of ether oxygens (including phenoxy) is 1. The lowest BCUT2D eigenvalue weighted by Crippen LogP contribution is -2.36. The van der Waals surface area contributed by atoms with Crippen LogP contribution in [0.1, 0.15) is 19.0 Å². The van der Waals surface area contributed by atoms with E-state index >= 15 is 0 Å². The molecule has 0 bridgehead atoms. The molecule has 0 spiro atoms. The molecule has 0 aromatic carbocycles. The van der Waals surface area contributed by atoms with Gasteiger partial charge in [0.15, 0.2) is 4.96 Å². The number of nitrogens with zero attached hydrogens (tertiary/aromatic N) is 2. The highest BCUT2D eigenvalue weighted by molar-refractivity contribution is 7.15. The molecule has 2 aromatic rings. The van der Waals surface area contributed by atoms with Gasteiger partial charge in [-0.15, -0.1) is 11.3 Å². The lowest BCUT2D eigenvalue weighted by Gasteiger charge is -2.24. The number of hydrogen-bond donors (Lipinski definition) is 1. The maximum atomic E-state index is 10.3. The monoisotopic (exact) mass is 240 g/mol. The number of aliphatic hydroxyl groups is 1. The maximum absolute atomic E-state index is 10.3. The van der Waals surface area contributed by atoms with E-state index in [4.69, 9.17) is 4.74 Å². The molecule has 1 N–H and O–H groups in total. The molecule has 0 fully saturated rings. The van der Waals surface area contributed by atoms with E-state index in [1.807, 2.05) is 29.1 Å². The van der Waals surface area contributed by atoms with Gasteiger partial charge in [-0.25, -0.2) is 4.98 Å². The van der Waals surface area contributed by atoms with Crippen molar-refractivity contribution in [1.82, 2.24) is 9.38 Å². The zero-order chi connectivity index (χ0) is 11.6. The molecule has 5 heteroatoms. The van der Waals surface area contributed by atoms with Crippen molar-refractivity contribution in [3.8, 4) is 0 Å². The van der Waals surface area contributed by atoms with Crippen LogP contribution >= 0.6 is 11.3 Å². The van der Waals surface area contributed by atoms with Crippen molar-refractivity contribution in [3.63, 3.8) is 0 Å². The molecule has 0 saturated heterocycles. The third-order valence-corrected chi connectivity index (χ3v) is 3.50. The van der Waals surface area contributed by atoms with Crippen LogP contribution in [0.4, 0.5) is 0 Å².